The van der Waals surface area contributed by atoms with Crippen LogP contribution in [0.5, 0.6) is 0 Å². The lowest BCUT2D eigenvalue weighted by atomic mass is 9.99. The highest BCUT2D eigenvalue weighted by Crippen LogP contribution is 2.31. The van der Waals surface area contributed by atoms with Crippen LogP contribution in [0, 0.1) is 5.92 Å². The molecule has 21 heavy (non-hydrogen) atoms. The van der Waals surface area contributed by atoms with Gasteiger partial charge in [-0.15, -0.1) is 0 Å². The van der Waals surface area contributed by atoms with E-state index in [0.29, 0.717) is 0 Å². The SMILES string of the molecule is CC(=O)OCC1OC(C(C)C)[C@H](OC(C)=O)C1OC(C)=O. The summed E-state index contributed by atoms with van der Waals surface area (Å²) < 4.78 is 21.2. The zero-order chi connectivity index (χ0) is 16.2. The molecule has 1 saturated heterocycles. The Morgan fingerprint density at radius 1 is 0.952 bits per heavy atom. The van der Waals surface area contributed by atoms with Gasteiger partial charge in [0.2, 0.25) is 0 Å². The van der Waals surface area contributed by atoms with Crippen LogP contribution >= 0.6 is 0 Å². The quantitative estimate of drug-likeness (QED) is 0.549. The summed E-state index contributed by atoms with van der Waals surface area (Å²) in [4.78, 5) is 33.5. The van der Waals surface area contributed by atoms with Crippen LogP contribution in [0.3, 0.4) is 0 Å². The van der Waals surface area contributed by atoms with Crippen LogP contribution in [0.4, 0.5) is 0 Å². The predicted molar refractivity (Wildman–Crippen MR) is 71.2 cm³/mol. The second-order valence-corrected chi connectivity index (χ2v) is 5.33. The van der Waals surface area contributed by atoms with E-state index in [1.54, 1.807) is 0 Å². The van der Waals surface area contributed by atoms with Crippen LogP contribution in [0.1, 0.15) is 34.6 Å². The standard InChI is InChI=1S/C14H22O7/c1-7(2)12-14(20-10(5)17)13(19-9(4)16)11(21-12)6-18-8(3)15/h7,11-14H,6H2,1-5H3/t11?,12?,13?,14-/m0/s1. The third-order valence-electron chi connectivity index (χ3n) is 3.06. The van der Waals surface area contributed by atoms with E-state index in [4.69, 9.17) is 18.9 Å². The lowest BCUT2D eigenvalue weighted by Crippen LogP contribution is -2.42. The fourth-order valence-corrected chi connectivity index (χ4v) is 2.29. The van der Waals surface area contributed by atoms with Crippen molar-refractivity contribution in [3.63, 3.8) is 0 Å². The molecule has 0 saturated carbocycles. The first-order valence-electron chi connectivity index (χ1n) is 6.85. The Kier molecular flexibility index (Phi) is 6.14. The molecule has 1 heterocycles. The molecule has 7 heteroatoms. The van der Waals surface area contributed by atoms with Crippen molar-refractivity contribution in [2.75, 3.05) is 6.61 Å². The van der Waals surface area contributed by atoms with Crippen LogP contribution in [-0.4, -0.2) is 48.9 Å². The first-order valence-corrected chi connectivity index (χ1v) is 6.85. The molecule has 1 aliphatic rings. The van der Waals surface area contributed by atoms with Crippen molar-refractivity contribution in [1.29, 1.82) is 0 Å². The molecule has 0 N–H and O–H groups in total. The fourth-order valence-electron chi connectivity index (χ4n) is 2.29. The van der Waals surface area contributed by atoms with E-state index in [1.165, 1.54) is 20.8 Å². The van der Waals surface area contributed by atoms with E-state index >= 15 is 0 Å². The van der Waals surface area contributed by atoms with Crippen molar-refractivity contribution in [2.45, 2.75) is 59.0 Å². The minimum atomic E-state index is -0.793. The molecule has 0 radical (unpaired) electrons. The minimum absolute atomic E-state index is 0.0368. The molecule has 1 fully saturated rings. The molecule has 0 bridgehead atoms. The Hall–Kier alpha value is -1.63. The Morgan fingerprint density at radius 2 is 1.48 bits per heavy atom. The summed E-state index contributed by atoms with van der Waals surface area (Å²) in [5.41, 5.74) is 0. The number of esters is 3. The number of rotatable bonds is 5. The molecule has 120 valence electrons. The van der Waals surface area contributed by atoms with Crippen molar-refractivity contribution < 1.29 is 33.3 Å². The van der Waals surface area contributed by atoms with E-state index < -0.39 is 42.3 Å². The number of hydrogen-bond acceptors (Lipinski definition) is 7. The van der Waals surface area contributed by atoms with Gasteiger partial charge in [-0.3, -0.25) is 14.4 Å². The summed E-state index contributed by atoms with van der Waals surface area (Å²) in [6.07, 6.45) is -2.60. The third-order valence-corrected chi connectivity index (χ3v) is 3.06. The molecule has 3 unspecified atom stereocenters. The molecule has 0 amide bonds. The number of hydrogen-bond donors (Lipinski definition) is 0. The van der Waals surface area contributed by atoms with Gasteiger partial charge < -0.3 is 18.9 Å². The molecule has 0 aliphatic carbocycles. The van der Waals surface area contributed by atoms with Gasteiger partial charge in [0.25, 0.3) is 0 Å². The van der Waals surface area contributed by atoms with E-state index in [0.717, 1.165) is 0 Å². The van der Waals surface area contributed by atoms with E-state index in [9.17, 15) is 14.4 Å². The first kappa shape index (κ1) is 17.4. The predicted octanol–water partition coefficient (Wildman–Crippen LogP) is 0.836. The minimum Gasteiger partial charge on any atom is -0.463 e. The highest BCUT2D eigenvalue weighted by atomic mass is 16.6. The Bertz CT molecular complexity index is 404. The molecule has 1 rings (SSSR count). The fraction of sp³-hybridized carbons (Fsp3) is 0.786. The summed E-state index contributed by atoms with van der Waals surface area (Å²) in [7, 11) is 0. The second-order valence-electron chi connectivity index (χ2n) is 5.33. The van der Waals surface area contributed by atoms with Crippen LogP contribution in [-0.2, 0) is 33.3 Å². The summed E-state index contributed by atoms with van der Waals surface area (Å²) >= 11 is 0. The van der Waals surface area contributed by atoms with Gasteiger partial charge in [0.1, 0.15) is 18.8 Å². The molecular formula is C14H22O7. The Labute approximate surface area is 123 Å². The molecule has 0 aromatic rings. The van der Waals surface area contributed by atoms with Gasteiger partial charge in [-0.25, -0.2) is 0 Å². The molecule has 0 aromatic heterocycles. The van der Waals surface area contributed by atoms with E-state index in [2.05, 4.69) is 0 Å². The van der Waals surface area contributed by atoms with Crippen molar-refractivity contribution in [2.24, 2.45) is 5.92 Å². The maximum Gasteiger partial charge on any atom is 0.303 e. The molecule has 4 atom stereocenters. The average Bonchev–Trinajstić information content (AvgIpc) is 2.64. The lowest BCUT2D eigenvalue weighted by Gasteiger charge is -2.24. The van der Waals surface area contributed by atoms with Gasteiger partial charge in [-0.2, -0.15) is 0 Å². The van der Waals surface area contributed by atoms with Gasteiger partial charge in [-0.05, 0) is 5.92 Å². The molecule has 7 nitrogen and oxygen atoms in total. The number of carbonyl (C=O) groups is 3. The Balaban J connectivity index is 2.93. The first-order chi connectivity index (χ1) is 9.72. The monoisotopic (exact) mass is 302 g/mol. The average molecular weight is 302 g/mol. The summed E-state index contributed by atoms with van der Waals surface area (Å²) in [5.74, 6) is -1.43. The third kappa shape index (κ3) is 5.00. The molecule has 1 aliphatic heterocycles. The normalized spacial score (nSPS) is 28.3. The highest BCUT2D eigenvalue weighted by Gasteiger charge is 2.50. The largest absolute Gasteiger partial charge is 0.463 e. The summed E-state index contributed by atoms with van der Waals surface area (Å²) in [6.45, 7) is 7.56. The van der Waals surface area contributed by atoms with Gasteiger partial charge in [0.15, 0.2) is 12.2 Å². The van der Waals surface area contributed by atoms with E-state index in [-0.39, 0.29) is 12.5 Å². The zero-order valence-electron chi connectivity index (χ0n) is 13.0. The van der Waals surface area contributed by atoms with Crippen molar-refractivity contribution in [3.05, 3.63) is 0 Å². The Morgan fingerprint density at radius 3 is 1.90 bits per heavy atom. The van der Waals surface area contributed by atoms with Gasteiger partial charge in [0.05, 0.1) is 0 Å². The van der Waals surface area contributed by atoms with Crippen molar-refractivity contribution in [1.82, 2.24) is 0 Å². The second kappa shape index (κ2) is 7.40. The van der Waals surface area contributed by atoms with E-state index in [1.807, 2.05) is 13.8 Å². The van der Waals surface area contributed by atoms with Crippen LogP contribution in [0.15, 0.2) is 0 Å². The van der Waals surface area contributed by atoms with Crippen LogP contribution in [0.25, 0.3) is 0 Å². The van der Waals surface area contributed by atoms with Gasteiger partial charge in [-0.1, -0.05) is 13.8 Å². The molecular weight excluding hydrogens is 280 g/mol. The maximum atomic E-state index is 11.3. The summed E-state index contributed by atoms with van der Waals surface area (Å²) in [6, 6.07) is 0. The van der Waals surface area contributed by atoms with Gasteiger partial charge in [0, 0.05) is 20.8 Å². The van der Waals surface area contributed by atoms with Crippen molar-refractivity contribution >= 4 is 17.9 Å². The number of ether oxygens (including phenoxy) is 4. The number of carbonyl (C=O) groups excluding carboxylic acids is 3. The highest BCUT2D eigenvalue weighted by molar-refractivity contribution is 5.68. The summed E-state index contributed by atoms with van der Waals surface area (Å²) in [5, 5.41) is 0. The van der Waals surface area contributed by atoms with Crippen molar-refractivity contribution in [3.8, 4) is 0 Å². The zero-order valence-corrected chi connectivity index (χ0v) is 13.0. The van der Waals surface area contributed by atoms with Gasteiger partial charge >= 0.3 is 17.9 Å². The van der Waals surface area contributed by atoms with Crippen LogP contribution < -0.4 is 0 Å². The smallest absolute Gasteiger partial charge is 0.303 e. The molecule has 0 spiro atoms. The maximum absolute atomic E-state index is 11.3. The molecule has 0 aromatic carbocycles. The lowest BCUT2D eigenvalue weighted by molar-refractivity contribution is -0.166. The topological polar surface area (TPSA) is 88.1 Å². The van der Waals surface area contributed by atoms with Crippen LogP contribution in [0.2, 0.25) is 0 Å².